The smallest absolute Gasteiger partial charge is 0.118 e. The van der Waals surface area contributed by atoms with Crippen molar-refractivity contribution < 1.29 is 14.2 Å². The predicted octanol–water partition coefficient (Wildman–Crippen LogP) is 2.28. The Kier molecular flexibility index (Phi) is 4.80. The van der Waals surface area contributed by atoms with Gasteiger partial charge in [0.2, 0.25) is 0 Å². The summed E-state index contributed by atoms with van der Waals surface area (Å²) in [6, 6.07) is 7.77. The first kappa shape index (κ1) is 14.3. The van der Waals surface area contributed by atoms with Gasteiger partial charge < -0.3 is 19.9 Å². The van der Waals surface area contributed by atoms with Gasteiger partial charge in [0.05, 0.1) is 18.8 Å². The Hall–Kier alpha value is -1.10. The van der Waals surface area contributed by atoms with E-state index in [1.54, 1.807) is 7.11 Å². The molecule has 0 bridgehead atoms. The fraction of sp³-hybridized carbons (Fsp3) is 0.600. The number of ether oxygens (including phenoxy) is 3. The normalized spacial score (nSPS) is 19.9. The average Bonchev–Trinajstić information content (AvgIpc) is 2.48. The maximum absolute atomic E-state index is 6.46. The lowest BCUT2D eigenvalue weighted by atomic mass is 9.82. The van der Waals surface area contributed by atoms with Crippen molar-refractivity contribution in [1.29, 1.82) is 0 Å². The summed E-state index contributed by atoms with van der Waals surface area (Å²) in [7, 11) is 1.66. The molecule has 0 aliphatic carbocycles. The molecule has 4 heteroatoms. The molecule has 1 aromatic rings. The highest BCUT2D eigenvalue weighted by molar-refractivity contribution is 5.30. The number of methoxy groups -OCH3 is 1. The molecule has 0 radical (unpaired) electrons. The van der Waals surface area contributed by atoms with Crippen LogP contribution in [0, 0.1) is 0 Å². The van der Waals surface area contributed by atoms with Crippen molar-refractivity contribution >= 4 is 0 Å². The highest BCUT2D eigenvalue weighted by Gasteiger charge is 2.40. The summed E-state index contributed by atoms with van der Waals surface area (Å²) >= 11 is 0. The van der Waals surface area contributed by atoms with Gasteiger partial charge in [-0.1, -0.05) is 12.1 Å². The van der Waals surface area contributed by atoms with Crippen molar-refractivity contribution in [1.82, 2.24) is 0 Å². The van der Waals surface area contributed by atoms with Crippen molar-refractivity contribution in [2.75, 3.05) is 26.9 Å². The van der Waals surface area contributed by atoms with Crippen LogP contribution in [-0.4, -0.2) is 32.5 Å². The van der Waals surface area contributed by atoms with Crippen LogP contribution in [0.2, 0.25) is 0 Å². The van der Waals surface area contributed by atoms with Crippen molar-refractivity contribution in [2.24, 2.45) is 5.73 Å². The van der Waals surface area contributed by atoms with Crippen LogP contribution in [0.4, 0.5) is 0 Å². The molecule has 19 heavy (non-hydrogen) atoms. The van der Waals surface area contributed by atoms with Gasteiger partial charge >= 0.3 is 0 Å². The topological polar surface area (TPSA) is 53.7 Å². The quantitative estimate of drug-likeness (QED) is 0.887. The van der Waals surface area contributed by atoms with Crippen molar-refractivity contribution in [3.05, 3.63) is 29.8 Å². The number of benzene rings is 1. The molecular formula is C15H23NO3. The molecular weight excluding hydrogens is 242 g/mol. The van der Waals surface area contributed by atoms with Crippen LogP contribution in [0.3, 0.4) is 0 Å². The van der Waals surface area contributed by atoms with E-state index in [-0.39, 0.29) is 11.6 Å². The molecule has 1 heterocycles. The second-order valence-corrected chi connectivity index (χ2v) is 4.86. The SMILES string of the molecule is CCOC1(C(N)c2ccc(OC)cc2)CCOCC1. The zero-order valence-electron chi connectivity index (χ0n) is 11.7. The van der Waals surface area contributed by atoms with Gasteiger partial charge in [-0.25, -0.2) is 0 Å². The molecule has 2 N–H and O–H groups in total. The van der Waals surface area contributed by atoms with Crippen LogP contribution in [0.1, 0.15) is 31.4 Å². The molecule has 0 aromatic heterocycles. The monoisotopic (exact) mass is 265 g/mol. The van der Waals surface area contributed by atoms with Gasteiger partial charge in [0.1, 0.15) is 5.75 Å². The Labute approximate surface area is 114 Å². The minimum atomic E-state index is -0.304. The van der Waals surface area contributed by atoms with E-state index >= 15 is 0 Å². The molecule has 1 aromatic carbocycles. The summed E-state index contributed by atoms with van der Waals surface area (Å²) in [5.41, 5.74) is 7.24. The molecule has 0 saturated carbocycles. The van der Waals surface area contributed by atoms with Gasteiger partial charge in [0, 0.05) is 32.7 Å². The summed E-state index contributed by atoms with van der Waals surface area (Å²) in [5.74, 6) is 0.841. The zero-order chi connectivity index (χ0) is 13.7. The second kappa shape index (κ2) is 6.37. The Morgan fingerprint density at radius 3 is 2.42 bits per heavy atom. The summed E-state index contributed by atoms with van der Waals surface area (Å²) in [6.07, 6.45) is 1.68. The lowest BCUT2D eigenvalue weighted by Crippen LogP contribution is -2.48. The molecule has 1 unspecified atom stereocenters. The number of hydrogen-bond acceptors (Lipinski definition) is 4. The maximum Gasteiger partial charge on any atom is 0.118 e. The summed E-state index contributed by atoms with van der Waals surface area (Å²) in [5, 5.41) is 0. The van der Waals surface area contributed by atoms with Crippen LogP contribution in [0.15, 0.2) is 24.3 Å². The Balaban J connectivity index is 2.19. The van der Waals surface area contributed by atoms with Gasteiger partial charge in [-0.15, -0.1) is 0 Å². The summed E-state index contributed by atoms with van der Waals surface area (Å²) in [6.45, 7) is 4.11. The van der Waals surface area contributed by atoms with Crippen LogP contribution < -0.4 is 10.5 Å². The van der Waals surface area contributed by atoms with Crippen LogP contribution >= 0.6 is 0 Å². The van der Waals surface area contributed by atoms with E-state index in [1.165, 1.54) is 0 Å². The number of hydrogen-bond donors (Lipinski definition) is 1. The van der Waals surface area contributed by atoms with E-state index < -0.39 is 0 Å². The molecule has 0 spiro atoms. The van der Waals surface area contributed by atoms with E-state index in [4.69, 9.17) is 19.9 Å². The molecule has 4 nitrogen and oxygen atoms in total. The Morgan fingerprint density at radius 2 is 1.89 bits per heavy atom. The highest BCUT2D eigenvalue weighted by Crippen LogP contribution is 2.36. The lowest BCUT2D eigenvalue weighted by Gasteiger charge is -2.41. The van der Waals surface area contributed by atoms with Gasteiger partial charge in [-0.2, -0.15) is 0 Å². The summed E-state index contributed by atoms with van der Waals surface area (Å²) < 4.78 is 16.6. The molecule has 106 valence electrons. The fourth-order valence-electron chi connectivity index (χ4n) is 2.66. The van der Waals surface area contributed by atoms with E-state index in [0.29, 0.717) is 19.8 Å². The highest BCUT2D eigenvalue weighted by atomic mass is 16.5. The number of nitrogens with two attached hydrogens (primary N) is 1. The minimum Gasteiger partial charge on any atom is -0.497 e. The van der Waals surface area contributed by atoms with E-state index in [1.807, 2.05) is 31.2 Å². The van der Waals surface area contributed by atoms with E-state index in [2.05, 4.69) is 0 Å². The minimum absolute atomic E-state index is 0.137. The first-order chi connectivity index (χ1) is 9.22. The van der Waals surface area contributed by atoms with E-state index in [0.717, 1.165) is 24.2 Å². The largest absolute Gasteiger partial charge is 0.497 e. The third-order valence-corrected chi connectivity index (χ3v) is 3.81. The zero-order valence-corrected chi connectivity index (χ0v) is 11.7. The molecule has 1 aliphatic rings. The van der Waals surface area contributed by atoms with Gasteiger partial charge in [0.15, 0.2) is 0 Å². The van der Waals surface area contributed by atoms with Gasteiger partial charge in [-0.05, 0) is 24.6 Å². The molecule has 1 fully saturated rings. The van der Waals surface area contributed by atoms with E-state index in [9.17, 15) is 0 Å². The van der Waals surface area contributed by atoms with Crippen LogP contribution in [0.5, 0.6) is 5.75 Å². The van der Waals surface area contributed by atoms with Crippen LogP contribution in [-0.2, 0) is 9.47 Å². The molecule has 1 atom stereocenters. The third-order valence-electron chi connectivity index (χ3n) is 3.81. The van der Waals surface area contributed by atoms with Crippen molar-refractivity contribution in [3.8, 4) is 5.75 Å². The fourth-order valence-corrected chi connectivity index (χ4v) is 2.66. The average molecular weight is 265 g/mol. The molecule has 0 amide bonds. The third kappa shape index (κ3) is 3.08. The summed E-state index contributed by atoms with van der Waals surface area (Å²) in [4.78, 5) is 0. The number of rotatable bonds is 5. The van der Waals surface area contributed by atoms with Crippen molar-refractivity contribution in [3.63, 3.8) is 0 Å². The predicted molar refractivity (Wildman–Crippen MR) is 74.3 cm³/mol. The Morgan fingerprint density at radius 1 is 1.26 bits per heavy atom. The first-order valence-corrected chi connectivity index (χ1v) is 6.83. The first-order valence-electron chi connectivity index (χ1n) is 6.83. The molecule has 1 aliphatic heterocycles. The maximum atomic E-state index is 6.46. The lowest BCUT2D eigenvalue weighted by molar-refractivity contribution is -0.121. The van der Waals surface area contributed by atoms with Crippen molar-refractivity contribution in [2.45, 2.75) is 31.4 Å². The van der Waals surface area contributed by atoms with Gasteiger partial charge in [0.25, 0.3) is 0 Å². The molecule has 1 saturated heterocycles. The van der Waals surface area contributed by atoms with Gasteiger partial charge in [-0.3, -0.25) is 0 Å². The standard InChI is InChI=1S/C15H23NO3/c1-3-19-15(8-10-18-11-9-15)14(16)12-4-6-13(17-2)7-5-12/h4-7,14H,3,8-11,16H2,1-2H3. The Bertz CT molecular complexity index is 379. The molecule has 2 rings (SSSR count). The van der Waals surface area contributed by atoms with Crippen LogP contribution in [0.25, 0.3) is 0 Å². The second-order valence-electron chi connectivity index (χ2n) is 4.86.